The van der Waals surface area contributed by atoms with Gasteiger partial charge < -0.3 is 14.6 Å². The number of ether oxygens (including phenoxy) is 2. The van der Waals surface area contributed by atoms with Gasteiger partial charge in [-0.1, -0.05) is 0 Å². The molecule has 1 atom stereocenters. The van der Waals surface area contributed by atoms with Gasteiger partial charge in [0.05, 0.1) is 25.9 Å². The summed E-state index contributed by atoms with van der Waals surface area (Å²) in [5.41, 5.74) is 0.0549. The quantitative estimate of drug-likeness (QED) is 0.775. The minimum atomic E-state index is 0.0549. The van der Waals surface area contributed by atoms with Crippen molar-refractivity contribution in [1.29, 1.82) is 0 Å². The first-order chi connectivity index (χ1) is 7.35. The molecule has 2 heterocycles. The molecule has 15 heavy (non-hydrogen) atoms. The summed E-state index contributed by atoms with van der Waals surface area (Å²) in [5, 5.41) is 9.25. The molecule has 0 amide bonds. The molecule has 0 aliphatic carbocycles. The fourth-order valence-electron chi connectivity index (χ4n) is 1.96. The standard InChI is InChI=1S/C11H20O3S/c12-6-11(7-13-8-11)9-15-5-10-3-1-2-4-14-10/h10,12H,1-9H2. The molecule has 3 nitrogen and oxygen atoms in total. The summed E-state index contributed by atoms with van der Waals surface area (Å²) in [5.74, 6) is 2.07. The van der Waals surface area contributed by atoms with Crippen molar-refractivity contribution in [3.05, 3.63) is 0 Å². The first-order valence-electron chi connectivity index (χ1n) is 5.73. The van der Waals surface area contributed by atoms with Gasteiger partial charge in [0.1, 0.15) is 0 Å². The van der Waals surface area contributed by atoms with Crippen LogP contribution >= 0.6 is 11.8 Å². The minimum absolute atomic E-state index is 0.0549. The second kappa shape index (κ2) is 5.53. The van der Waals surface area contributed by atoms with E-state index in [1.165, 1.54) is 19.3 Å². The summed E-state index contributed by atoms with van der Waals surface area (Å²) in [4.78, 5) is 0. The highest BCUT2D eigenvalue weighted by Crippen LogP contribution is 2.31. The maximum absolute atomic E-state index is 9.25. The van der Waals surface area contributed by atoms with Crippen molar-refractivity contribution in [3.63, 3.8) is 0 Å². The van der Waals surface area contributed by atoms with Gasteiger partial charge in [0.25, 0.3) is 0 Å². The van der Waals surface area contributed by atoms with E-state index in [9.17, 15) is 5.11 Å². The summed E-state index contributed by atoms with van der Waals surface area (Å²) >= 11 is 1.90. The molecule has 2 aliphatic rings. The largest absolute Gasteiger partial charge is 0.396 e. The summed E-state index contributed by atoms with van der Waals surface area (Å²) in [6, 6.07) is 0. The van der Waals surface area contributed by atoms with E-state index in [4.69, 9.17) is 9.47 Å². The van der Waals surface area contributed by atoms with Crippen molar-refractivity contribution < 1.29 is 14.6 Å². The third-order valence-corrected chi connectivity index (χ3v) is 4.56. The summed E-state index contributed by atoms with van der Waals surface area (Å²) in [6.45, 7) is 2.63. The van der Waals surface area contributed by atoms with E-state index in [-0.39, 0.29) is 12.0 Å². The average molecular weight is 232 g/mol. The molecule has 0 aromatic heterocycles. The highest BCUT2D eigenvalue weighted by molar-refractivity contribution is 7.99. The first kappa shape index (κ1) is 11.7. The maximum atomic E-state index is 9.25. The molecule has 0 saturated carbocycles. The van der Waals surface area contributed by atoms with Crippen molar-refractivity contribution in [2.45, 2.75) is 25.4 Å². The number of rotatable bonds is 5. The molecule has 0 radical (unpaired) electrons. The van der Waals surface area contributed by atoms with Crippen LogP contribution in [0.2, 0.25) is 0 Å². The van der Waals surface area contributed by atoms with E-state index in [0.29, 0.717) is 6.10 Å². The molecule has 2 fully saturated rings. The van der Waals surface area contributed by atoms with Gasteiger partial charge in [-0.2, -0.15) is 11.8 Å². The molecule has 0 aromatic rings. The number of hydrogen-bond donors (Lipinski definition) is 1. The second-order valence-electron chi connectivity index (χ2n) is 4.65. The Hall–Kier alpha value is 0.230. The molecule has 0 aromatic carbocycles. The number of thioether (sulfide) groups is 1. The van der Waals surface area contributed by atoms with Gasteiger partial charge in [-0.05, 0) is 19.3 Å². The van der Waals surface area contributed by atoms with Crippen LogP contribution in [0.4, 0.5) is 0 Å². The molecule has 2 saturated heterocycles. The highest BCUT2D eigenvalue weighted by atomic mass is 32.2. The Balaban J connectivity index is 1.61. The van der Waals surface area contributed by atoms with Crippen molar-refractivity contribution in [1.82, 2.24) is 0 Å². The summed E-state index contributed by atoms with van der Waals surface area (Å²) in [7, 11) is 0. The number of aliphatic hydroxyl groups is 1. The predicted octanol–water partition coefficient (Wildman–Crippen LogP) is 1.30. The van der Waals surface area contributed by atoms with E-state index < -0.39 is 0 Å². The zero-order valence-corrected chi connectivity index (χ0v) is 9.93. The van der Waals surface area contributed by atoms with Crippen LogP contribution in [0.3, 0.4) is 0 Å². The SMILES string of the molecule is OCC1(CSCC2CCCCO2)COC1. The van der Waals surface area contributed by atoms with E-state index in [1.807, 2.05) is 11.8 Å². The normalized spacial score (nSPS) is 29.8. The highest BCUT2D eigenvalue weighted by Gasteiger charge is 2.37. The van der Waals surface area contributed by atoms with Gasteiger partial charge in [0, 0.05) is 23.5 Å². The zero-order valence-electron chi connectivity index (χ0n) is 9.11. The van der Waals surface area contributed by atoms with Crippen LogP contribution in [-0.2, 0) is 9.47 Å². The lowest BCUT2D eigenvalue weighted by molar-refractivity contribution is -0.121. The first-order valence-corrected chi connectivity index (χ1v) is 6.88. The van der Waals surface area contributed by atoms with Crippen molar-refractivity contribution in [2.75, 3.05) is 37.9 Å². The van der Waals surface area contributed by atoms with E-state index in [1.54, 1.807) is 0 Å². The van der Waals surface area contributed by atoms with Gasteiger partial charge in [-0.3, -0.25) is 0 Å². The maximum Gasteiger partial charge on any atom is 0.0665 e. The van der Waals surface area contributed by atoms with Gasteiger partial charge in [-0.15, -0.1) is 0 Å². The lowest BCUT2D eigenvalue weighted by Gasteiger charge is -2.39. The number of aliphatic hydroxyl groups excluding tert-OH is 1. The van der Waals surface area contributed by atoms with E-state index >= 15 is 0 Å². The Morgan fingerprint density at radius 2 is 2.20 bits per heavy atom. The average Bonchev–Trinajstić information content (AvgIpc) is 2.24. The van der Waals surface area contributed by atoms with Crippen LogP contribution in [0.1, 0.15) is 19.3 Å². The molecule has 4 heteroatoms. The van der Waals surface area contributed by atoms with Crippen LogP contribution in [0.5, 0.6) is 0 Å². The third-order valence-electron chi connectivity index (χ3n) is 3.14. The summed E-state index contributed by atoms with van der Waals surface area (Å²) in [6.07, 6.45) is 4.17. The predicted molar refractivity (Wildman–Crippen MR) is 61.3 cm³/mol. The Kier molecular flexibility index (Phi) is 4.31. The van der Waals surface area contributed by atoms with Crippen molar-refractivity contribution >= 4 is 11.8 Å². The lowest BCUT2D eigenvalue weighted by Crippen LogP contribution is -2.47. The fourth-order valence-corrected chi connectivity index (χ4v) is 3.29. The summed E-state index contributed by atoms with van der Waals surface area (Å²) < 4.78 is 10.8. The minimum Gasteiger partial charge on any atom is -0.396 e. The van der Waals surface area contributed by atoms with Crippen LogP contribution < -0.4 is 0 Å². The van der Waals surface area contributed by atoms with Gasteiger partial charge in [0.15, 0.2) is 0 Å². The van der Waals surface area contributed by atoms with Crippen LogP contribution in [0.15, 0.2) is 0 Å². The van der Waals surface area contributed by atoms with Gasteiger partial charge in [-0.25, -0.2) is 0 Å². The van der Waals surface area contributed by atoms with Gasteiger partial charge >= 0.3 is 0 Å². The lowest BCUT2D eigenvalue weighted by atomic mass is 9.90. The van der Waals surface area contributed by atoms with Crippen LogP contribution in [0.25, 0.3) is 0 Å². The van der Waals surface area contributed by atoms with Gasteiger partial charge in [0.2, 0.25) is 0 Å². The smallest absolute Gasteiger partial charge is 0.0665 e. The molecule has 1 unspecified atom stereocenters. The van der Waals surface area contributed by atoms with E-state index in [2.05, 4.69) is 0 Å². The van der Waals surface area contributed by atoms with Crippen molar-refractivity contribution in [3.8, 4) is 0 Å². The molecular weight excluding hydrogens is 212 g/mol. The molecule has 1 N–H and O–H groups in total. The molecule has 0 bridgehead atoms. The molecule has 0 spiro atoms. The Morgan fingerprint density at radius 1 is 1.33 bits per heavy atom. The zero-order chi connectivity index (χ0) is 10.6. The van der Waals surface area contributed by atoms with Crippen LogP contribution in [-0.4, -0.2) is 49.1 Å². The molecular formula is C11H20O3S. The monoisotopic (exact) mass is 232 g/mol. The fraction of sp³-hybridized carbons (Fsp3) is 1.00. The molecule has 88 valence electrons. The third kappa shape index (κ3) is 3.09. The van der Waals surface area contributed by atoms with Crippen LogP contribution in [0, 0.1) is 5.41 Å². The van der Waals surface area contributed by atoms with E-state index in [0.717, 1.165) is 31.3 Å². The molecule has 2 rings (SSSR count). The Labute approximate surface area is 95.5 Å². The second-order valence-corrected chi connectivity index (χ2v) is 5.68. The van der Waals surface area contributed by atoms with Crippen molar-refractivity contribution in [2.24, 2.45) is 5.41 Å². The molecule has 2 aliphatic heterocycles. The Morgan fingerprint density at radius 3 is 2.73 bits per heavy atom. The topological polar surface area (TPSA) is 38.7 Å². The Bertz CT molecular complexity index is 183. The number of hydrogen-bond acceptors (Lipinski definition) is 4.